The summed E-state index contributed by atoms with van der Waals surface area (Å²) in [4.78, 5) is 29.5. The van der Waals surface area contributed by atoms with Crippen molar-refractivity contribution in [2.24, 2.45) is 5.92 Å². The molecule has 2 atom stereocenters. The zero-order valence-electron chi connectivity index (χ0n) is 18.6. The Bertz CT molecular complexity index is 1110. The summed E-state index contributed by atoms with van der Waals surface area (Å²) in [6.45, 7) is 2.10. The number of ether oxygens (including phenoxy) is 1. The first-order valence-electron chi connectivity index (χ1n) is 10.8. The summed E-state index contributed by atoms with van der Waals surface area (Å²) < 4.78 is 50.6. The first kappa shape index (κ1) is 24.3. The van der Waals surface area contributed by atoms with E-state index < -0.39 is 30.3 Å². The Morgan fingerprint density at radius 1 is 1.38 bits per heavy atom. The molecule has 3 amide bonds. The first-order valence-corrected chi connectivity index (χ1v) is 11.6. The molecule has 4 heterocycles. The summed E-state index contributed by atoms with van der Waals surface area (Å²) in [5, 5.41) is 9.52. The normalized spacial score (nSPS) is 21.2. The molecule has 1 unspecified atom stereocenters. The van der Waals surface area contributed by atoms with Gasteiger partial charge in [-0.05, 0) is 41.3 Å². The maximum atomic E-state index is 15.2. The van der Waals surface area contributed by atoms with Crippen LogP contribution in [0.4, 0.5) is 28.4 Å². The lowest BCUT2D eigenvalue weighted by molar-refractivity contribution is -0.0219. The number of rotatable bonds is 3. The Labute approximate surface area is 202 Å². The first-order chi connectivity index (χ1) is 16.1. The van der Waals surface area contributed by atoms with Crippen molar-refractivity contribution in [3.8, 4) is 0 Å². The van der Waals surface area contributed by atoms with Crippen LogP contribution in [0.1, 0.15) is 36.7 Å². The molecule has 0 saturated carbocycles. The molecule has 4 rings (SSSR count). The van der Waals surface area contributed by atoms with Crippen molar-refractivity contribution in [3.63, 3.8) is 0 Å². The third-order valence-corrected chi connectivity index (χ3v) is 6.75. The maximum Gasteiger partial charge on any atom is 0.406 e. The van der Waals surface area contributed by atoms with Crippen LogP contribution in [-0.2, 0) is 30.2 Å². The minimum Gasteiger partial charge on any atom is -0.453 e. The highest BCUT2D eigenvalue weighted by molar-refractivity contribution is 9.10. The van der Waals surface area contributed by atoms with Crippen molar-refractivity contribution in [3.05, 3.63) is 39.6 Å². The summed E-state index contributed by atoms with van der Waals surface area (Å²) in [6.07, 6.45) is 0.781. The summed E-state index contributed by atoms with van der Waals surface area (Å²) in [5.74, 6) is -4.12. The minimum absolute atomic E-state index is 0.0443. The van der Waals surface area contributed by atoms with E-state index in [4.69, 9.17) is 0 Å². The molecule has 2 aromatic heterocycles. The highest BCUT2D eigenvalue weighted by Gasteiger charge is 2.44. The Hall–Kier alpha value is -2.83. The van der Waals surface area contributed by atoms with Crippen LogP contribution in [0.25, 0.3) is 0 Å². The van der Waals surface area contributed by atoms with E-state index in [-0.39, 0.29) is 60.4 Å². The van der Waals surface area contributed by atoms with Crippen molar-refractivity contribution >= 4 is 33.7 Å². The monoisotopic (exact) mass is 544 g/mol. The number of anilines is 1. The van der Waals surface area contributed by atoms with Gasteiger partial charge >= 0.3 is 12.1 Å². The highest BCUT2D eigenvalue weighted by Crippen LogP contribution is 2.42. The molecule has 184 valence electrons. The van der Waals surface area contributed by atoms with Crippen molar-refractivity contribution in [2.45, 2.75) is 51.2 Å². The fraction of sp³-hybridized carbons (Fsp3) is 0.524. The lowest BCUT2D eigenvalue weighted by Crippen LogP contribution is -2.45. The van der Waals surface area contributed by atoms with Crippen LogP contribution in [-0.4, -0.2) is 51.5 Å². The number of pyridine rings is 1. The number of hydrogen-bond donors (Lipinski definition) is 2. The fourth-order valence-electron chi connectivity index (χ4n) is 4.42. The molecule has 34 heavy (non-hydrogen) atoms. The second-order valence-corrected chi connectivity index (χ2v) is 9.26. The molecule has 0 bridgehead atoms. The van der Waals surface area contributed by atoms with Gasteiger partial charge in [0.15, 0.2) is 5.82 Å². The molecule has 0 saturated heterocycles. The molecule has 9 nitrogen and oxygen atoms in total. The number of methoxy groups -OCH3 is 1. The van der Waals surface area contributed by atoms with E-state index in [9.17, 15) is 14.0 Å². The van der Waals surface area contributed by atoms with Gasteiger partial charge in [-0.1, -0.05) is 0 Å². The number of alkyl carbamates (subject to hydrolysis) is 1. The average Bonchev–Trinajstić information content (AvgIpc) is 3.09. The predicted octanol–water partition coefficient (Wildman–Crippen LogP) is 4.02. The van der Waals surface area contributed by atoms with Crippen LogP contribution in [0.15, 0.2) is 16.9 Å². The summed E-state index contributed by atoms with van der Waals surface area (Å²) in [7, 11) is 1.24. The molecule has 2 N–H and O–H groups in total. The molecule has 2 aliphatic rings. The number of nitrogens with zero attached hydrogens (tertiary/aromatic N) is 4. The van der Waals surface area contributed by atoms with Crippen LogP contribution < -0.4 is 10.6 Å². The number of fused-ring (bicyclic) bond motifs is 3. The Kier molecular flexibility index (Phi) is 6.74. The molecular weight excluding hydrogens is 521 g/mol. The minimum atomic E-state index is -3.15. The van der Waals surface area contributed by atoms with Gasteiger partial charge in [-0.2, -0.15) is 13.9 Å². The van der Waals surface area contributed by atoms with E-state index in [0.29, 0.717) is 11.3 Å². The van der Waals surface area contributed by atoms with Gasteiger partial charge in [0.25, 0.3) is 5.92 Å². The third kappa shape index (κ3) is 4.70. The van der Waals surface area contributed by atoms with Crippen molar-refractivity contribution in [1.29, 1.82) is 0 Å². The van der Waals surface area contributed by atoms with E-state index in [1.165, 1.54) is 29.0 Å². The summed E-state index contributed by atoms with van der Waals surface area (Å²) in [6, 6.07) is 0.373. The van der Waals surface area contributed by atoms with Gasteiger partial charge in [-0.3, -0.25) is 4.68 Å². The van der Waals surface area contributed by atoms with Gasteiger partial charge in [0.05, 0.1) is 25.0 Å². The lowest BCUT2D eigenvalue weighted by atomic mass is 9.95. The molecule has 13 heteroatoms. The molecule has 0 fully saturated rings. The van der Waals surface area contributed by atoms with Gasteiger partial charge in [-0.25, -0.2) is 19.0 Å². The van der Waals surface area contributed by atoms with Crippen molar-refractivity contribution in [2.75, 3.05) is 19.0 Å². The second kappa shape index (κ2) is 9.43. The molecule has 2 aromatic rings. The zero-order valence-corrected chi connectivity index (χ0v) is 20.2. The number of alkyl halides is 2. The number of amides is 3. The number of carbonyl (C=O) groups is 2. The van der Waals surface area contributed by atoms with Gasteiger partial charge in [-0.15, -0.1) is 0 Å². The molecule has 0 aromatic carbocycles. The van der Waals surface area contributed by atoms with Crippen molar-refractivity contribution in [1.82, 2.24) is 25.0 Å². The van der Waals surface area contributed by atoms with E-state index in [1.54, 1.807) is 6.92 Å². The van der Waals surface area contributed by atoms with Gasteiger partial charge < -0.3 is 20.3 Å². The lowest BCUT2D eigenvalue weighted by Gasteiger charge is -2.33. The SMILES string of the molecule is COC(=O)NCC1CCC(F)(F)c2c3c(nn2C1)C[C@@H](C)N(C(=O)Nc1ccnc(Br)c1F)C3. The third-order valence-electron chi connectivity index (χ3n) is 6.20. The Morgan fingerprint density at radius 3 is 2.88 bits per heavy atom. The Morgan fingerprint density at radius 2 is 2.15 bits per heavy atom. The standard InChI is InChI=1S/C21H24BrF3N6O3/c1-11-7-15-13(10-30(11)19(32)28-14-4-6-26-18(22)16(14)23)17-21(24,25)5-3-12(9-31(17)29-15)8-27-20(33)34-2/h4,6,11-12H,3,5,7-10H2,1-2H3,(H,27,33)(H,26,28,32)/t11-,12?/m1/s1. The van der Waals surface area contributed by atoms with Crippen LogP contribution in [0, 0.1) is 11.7 Å². The summed E-state index contributed by atoms with van der Waals surface area (Å²) >= 11 is 2.97. The molecule has 0 aliphatic carbocycles. The van der Waals surface area contributed by atoms with E-state index in [1.807, 2.05) is 0 Å². The largest absolute Gasteiger partial charge is 0.453 e. The highest BCUT2D eigenvalue weighted by atomic mass is 79.9. The van der Waals surface area contributed by atoms with Crippen molar-refractivity contribution < 1.29 is 27.5 Å². The molecular formula is C21H24BrF3N6O3. The van der Waals surface area contributed by atoms with E-state index >= 15 is 8.78 Å². The number of hydrogen-bond acceptors (Lipinski definition) is 5. The van der Waals surface area contributed by atoms with Crippen LogP contribution in [0.5, 0.6) is 0 Å². The second-order valence-electron chi connectivity index (χ2n) is 8.51. The predicted molar refractivity (Wildman–Crippen MR) is 119 cm³/mol. The zero-order chi connectivity index (χ0) is 24.6. The van der Waals surface area contributed by atoms with Crippen LogP contribution >= 0.6 is 15.9 Å². The smallest absolute Gasteiger partial charge is 0.406 e. The van der Waals surface area contributed by atoms with Gasteiger partial charge in [0, 0.05) is 43.7 Å². The van der Waals surface area contributed by atoms with E-state index in [2.05, 4.69) is 41.4 Å². The number of halogens is 4. The van der Waals surface area contributed by atoms with Gasteiger partial charge in [0.2, 0.25) is 0 Å². The molecule has 0 radical (unpaired) electrons. The van der Waals surface area contributed by atoms with Crippen LogP contribution in [0.3, 0.4) is 0 Å². The van der Waals surface area contributed by atoms with Crippen LogP contribution in [0.2, 0.25) is 0 Å². The fourth-order valence-corrected chi connectivity index (χ4v) is 4.75. The Balaban J connectivity index is 1.58. The number of nitrogens with one attached hydrogen (secondary N) is 2. The molecule has 0 spiro atoms. The number of aromatic nitrogens is 3. The maximum absolute atomic E-state index is 15.2. The topological polar surface area (TPSA) is 101 Å². The average molecular weight is 545 g/mol. The summed E-state index contributed by atoms with van der Waals surface area (Å²) in [5.41, 5.74) is 0.567. The quantitative estimate of drug-likeness (QED) is 0.568. The number of carbonyl (C=O) groups excluding carboxylic acids is 2. The number of urea groups is 1. The van der Waals surface area contributed by atoms with Gasteiger partial charge in [0.1, 0.15) is 10.3 Å². The van der Waals surface area contributed by atoms with E-state index in [0.717, 1.165) is 0 Å². The molecule has 2 aliphatic heterocycles.